The maximum Gasteiger partial charge on any atom is 0.261 e. The molecule has 0 spiro atoms. The van der Waals surface area contributed by atoms with Crippen molar-refractivity contribution in [2.75, 3.05) is 32.2 Å². The van der Waals surface area contributed by atoms with Gasteiger partial charge in [-0.1, -0.05) is 46.3 Å². The Hall–Kier alpha value is -4.17. The molecule has 1 aliphatic heterocycles. The lowest BCUT2D eigenvalue weighted by Crippen LogP contribution is -2.46. The van der Waals surface area contributed by atoms with Crippen LogP contribution in [0, 0.1) is 0 Å². The third-order valence-corrected chi connectivity index (χ3v) is 7.09. The van der Waals surface area contributed by atoms with Gasteiger partial charge in [0.2, 0.25) is 0 Å². The van der Waals surface area contributed by atoms with Gasteiger partial charge >= 0.3 is 0 Å². The van der Waals surface area contributed by atoms with Crippen LogP contribution >= 0.6 is 15.9 Å². The third kappa shape index (κ3) is 4.44. The zero-order valence-corrected chi connectivity index (χ0v) is 21.8. The number of imide groups is 1. The lowest BCUT2D eigenvalue weighted by molar-refractivity contribution is 0.0611. The highest BCUT2D eigenvalue weighted by Crippen LogP contribution is 2.34. The summed E-state index contributed by atoms with van der Waals surface area (Å²) in [5.41, 5.74) is 1.92. The first-order valence-corrected chi connectivity index (χ1v) is 12.4. The second kappa shape index (κ2) is 10.1. The fourth-order valence-electron chi connectivity index (χ4n) is 4.56. The molecular weight excluding hydrogens is 536 g/mol. The van der Waals surface area contributed by atoms with E-state index in [1.807, 2.05) is 42.5 Å². The van der Waals surface area contributed by atoms with E-state index >= 15 is 0 Å². The van der Waals surface area contributed by atoms with Gasteiger partial charge in [-0.15, -0.1) is 0 Å². The zero-order chi connectivity index (χ0) is 26.1. The Morgan fingerprint density at radius 1 is 0.838 bits per heavy atom. The van der Waals surface area contributed by atoms with Crippen LogP contribution in [0.5, 0.6) is 11.5 Å². The molecule has 0 aromatic heterocycles. The van der Waals surface area contributed by atoms with Gasteiger partial charge in [-0.25, -0.2) is 0 Å². The number of halogens is 1. The highest BCUT2D eigenvalue weighted by Gasteiger charge is 2.34. The fourth-order valence-corrected chi connectivity index (χ4v) is 5.02. The number of hydrogen-bond acceptors (Lipinski definition) is 5. The molecular formula is C29H23BrN2O5. The Kier molecular flexibility index (Phi) is 6.67. The smallest absolute Gasteiger partial charge is 0.261 e. The van der Waals surface area contributed by atoms with E-state index in [2.05, 4.69) is 15.9 Å². The van der Waals surface area contributed by atoms with Crippen molar-refractivity contribution in [3.8, 4) is 11.5 Å². The van der Waals surface area contributed by atoms with Crippen molar-refractivity contribution in [1.29, 1.82) is 0 Å². The fraction of sp³-hybridized carbons (Fsp3) is 0.138. The minimum atomic E-state index is -0.385. The quantitative estimate of drug-likeness (QED) is 0.277. The van der Waals surface area contributed by atoms with Crippen LogP contribution in [0.15, 0.2) is 83.3 Å². The number of anilines is 1. The predicted molar refractivity (Wildman–Crippen MR) is 145 cm³/mol. The van der Waals surface area contributed by atoms with Crippen LogP contribution in [-0.2, 0) is 0 Å². The summed E-state index contributed by atoms with van der Waals surface area (Å²) in [5, 5.41) is 1.45. The molecule has 5 rings (SSSR count). The van der Waals surface area contributed by atoms with Crippen LogP contribution in [0.3, 0.4) is 0 Å². The number of methoxy groups -OCH3 is 2. The van der Waals surface area contributed by atoms with Crippen molar-refractivity contribution in [2.24, 2.45) is 0 Å². The summed E-state index contributed by atoms with van der Waals surface area (Å²) in [6.45, 7) is 0.118. The lowest BCUT2D eigenvalue weighted by Gasteiger charge is -2.30. The first-order chi connectivity index (χ1) is 17.9. The van der Waals surface area contributed by atoms with E-state index in [0.29, 0.717) is 39.3 Å². The Bertz CT molecular complexity index is 1490. The maximum atomic E-state index is 13.7. The van der Waals surface area contributed by atoms with Gasteiger partial charge in [0.1, 0.15) is 11.5 Å². The zero-order valence-electron chi connectivity index (χ0n) is 20.2. The van der Waals surface area contributed by atoms with Crippen molar-refractivity contribution in [1.82, 2.24) is 4.90 Å². The molecule has 37 heavy (non-hydrogen) atoms. The van der Waals surface area contributed by atoms with Crippen LogP contribution in [-0.4, -0.2) is 49.9 Å². The lowest BCUT2D eigenvalue weighted by atomic mass is 9.94. The third-order valence-electron chi connectivity index (χ3n) is 6.40. The molecule has 1 aliphatic rings. The molecule has 3 amide bonds. The van der Waals surface area contributed by atoms with E-state index in [9.17, 15) is 14.4 Å². The van der Waals surface area contributed by atoms with E-state index in [0.717, 1.165) is 9.86 Å². The van der Waals surface area contributed by atoms with Crippen LogP contribution in [0.2, 0.25) is 0 Å². The van der Waals surface area contributed by atoms with E-state index < -0.39 is 0 Å². The van der Waals surface area contributed by atoms with E-state index in [4.69, 9.17) is 9.47 Å². The minimum absolute atomic E-state index is 0.0191. The van der Waals surface area contributed by atoms with Gasteiger partial charge in [-0.2, -0.15) is 0 Å². The molecule has 4 aromatic carbocycles. The summed E-state index contributed by atoms with van der Waals surface area (Å²) in [4.78, 5) is 43.4. The number of carbonyl (C=O) groups is 3. The molecule has 0 atom stereocenters. The van der Waals surface area contributed by atoms with Crippen molar-refractivity contribution >= 4 is 50.1 Å². The topological polar surface area (TPSA) is 76.2 Å². The first-order valence-electron chi connectivity index (χ1n) is 11.6. The molecule has 186 valence electrons. The number of carbonyl (C=O) groups excluding carboxylic acids is 3. The predicted octanol–water partition coefficient (Wildman–Crippen LogP) is 5.56. The highest BCUT2D eigenvalue weighted by atomic mass is 79.9. The maximum absolute atomic E-state index is 13.7. The molecule has 4 aromatic rings. The highest BCUT2D eigenvalue weighted by molar-refractivity contribution is 9.10. The van der Waals surface area contributed by atoms with Gasteiger partial charge in [-0.3, -0.25) is 19.3 Å². The van der Waals surface area contributed by atoms with Gasteiger partial charge in [0.05, 0.1) is 14.2 Å². The number of benzene rings is 4. The second-order valence-electron chi connectivity index (χ2n) is 8.48. The van der Waals surface area contributed by atoms with Crippen LogP contribution in [0.1, 0.15) is 31.1 Å². The molecule has 0 unspecified atom stereocenters. The van der Waals surface area contributed by atoms with Gasteiger partial charge < -0.3 is 14.4 Å². The number of para-hydroxylation sites is 1. The summed E-state index contributed by atoms with van der Waals surface area (Å²) in [7, 11) is 3.03. The Balaban J connectivity index is 1.48. The summed E-state index contributed by atoms with van der Waals surface area (Å²) >= 11 is 3.51. The standard InChI is InChI=1S/C29H23BrN2O5/c1-36-20-15-18(16-21(17-20)37-2)27(33)31(19-7-4-3-5-8-19)13-14-32-28(34)23-10-6-9-22-25(30)12-11-24(26(22)23)29(32)35/h3-12,15-17H,13-14H2,1-2H3. The van der Waals surface area contributed by atoms with Crippen LogP contribution in [0.25, 0.3) is 10.8 Å². The van der Waals surface area contributed by atoms with Crippen LogP contribution < -0.4 is 14.4 Å². The average molecular weight is 559 g/mol. The van der Waals surface area contributed by atoms with Crippen LogP contribution in [0.4, 0.5) is 5.69 Å². The normalized spacial score (nSPS) is 12.6. The summed E-state index contributed by atoms with van der Waals surface area (Å²) in [6.07, 6.45) is 0. The number of hydrogen-bond donors (Lipinski definition) is 0. The molecule has 0 N–H and O–H groups in total. The van der Waals surface area contributed by atoms with Crippen molar-refractivity contribution < 1.29 is 23.9 Å². The molecule has 0 bridgehead atoms. The van der Waals surface area contributed by atoms with E-state index in [-0.39, 0.29) is 30.8 Å². The molecule has 0 saturated carbocycles. The number of amides is 3. The van der Waals surface area contributed by atoms with Gasteiger partial charge in [0.15, 0.2) is 0 Å². The van der Waals surface area contributed by atoms with Gasteiger partial charge in [0.25, 0.3) is 17.7 Å². The molecule has 8 heteroatoms. The average Bonchev–Trinajstić information content (AvgIpc) is 2.94. The molecule has 7 nitrogen and oxygen atoms in total. The van der Waals surface area contributed by atoms with E-state index in [1.165, 1.54) is 19.1 Å². The van der Waals surface area contributed by atoms with Crippen molar-refractivity contribution in [3.63, 3.8) is 0 Å². The minimum Gasteiger partial charge on any atom is -0.497 e. The monoisotopic (exact) mass is 558 g/mol. The SMILES string of the molecule is COc1cc(OC)cc(C(=O)N(CCN2C(=O)c3cccc4c(Br)ccc(c34)C2=O)c2ccccc2)c1. The van der Waals surface area contributed by atoms with Crippen molar-refractivity contribution in [2.45, 2.75) is 0 Å². The number of rotatable bonds is 7. The van der Waals surface area contributed by atoms with E-state index in [1.54, 1.807) is 41.3 Å². The molecule has 0 aliphatic carbocycles. The Morgan fingerprint density at radius 3 is 2.14 bits per heavy atom. The molecule has 0 saturated heterocycles. The Labute approximate surface area is 222 Å². The van der Waals surface area contributed by atoms with Crippen molar-refractivity contribution in [3.05, 3.63) is 100 Å². The second-order valence-corrected chi connectivity index (χ2v) is 9.33. The van der Waals surface area contributed by atoms with Gasteiger partial charge in [0, 0.05) is 51.4 Å². The molecule has 0 radical (unpaired) electrons. The summed E-state index contributed by atoms with van der Waals surface area (Å²) in [5.74, 6) is -0.123. The summed E-state index contributed by atoms with van der Waals surface area (Å²) < 4.78 is 11.5. The largest absolute Gasteiger partial charge is 0.497 e. The summed E-state index contributed by atoms with van der Waals surface area (Å²) in [6, 6.07) is 23.0. The molecule has 1 heterocycles. The first kappa shape index (κ1) is 24.5. The number of ether oxygens (including phenoxy) is 2. The Morgan fingerprint density at radius 2 is 1.49 bits per heavy atom. The van der Waals surface area contributed by atoms with Gasteiger partial charge in [-0.05, 0) is 47.9 Å². The molecule has 0 fully saturated rings. The number of nitrogens with zero attached hydrogens (tertiary/aromatic N) is 2.